The average Bonchev–Trinajstić information content (AvgIpc) is 2.62. The Bertz CT molecular complexity index is 442. The fraction of sp³-hybridized carbons (Fsp3) is 0.684. The Labute approximate surface area is 140 Å². The molecule has 1 aromatic carbocycles. The van der Waals surface area contributed by atoms with Crippen LogP contribution in [-0.4, -0.2) is 54.5 Å². The van der Waals surface area contributed by atoms with Crippen LogP contribution in [0.3, 0.4) is 0 Å². The van der Waals surface area contributed by atoms with Crippen molar-refractivity contribution in [1.82, 2.24) is 10.2 Å². The van der Waals surface area contributed by atoms with Gasteiger partial charge in [-0.3, -0.25) is 4.90 Å². The molecule has 0 spiro atoms. The van der Waals surface area contributed by atoms with E-state index in [9.17, 15) is 5.11 Å². The summed E-state index contributed by atoms with van der Waals surface area (Å²) in [5.41, 5.74) is 0.714. The number of ether oxygens (including phenoxy) is 1. The van der Waals surface area contributed by atoms with E-state index in [0.29, 0.717) is 12.6 Å². The molecule has 2 unspecified atom stereocenters. The number of aliphatic hydroxyl groups is 1. The van der Waals surface area contributed by atoms with Crippen LogP contribution in [0.25, 0.3) is 0 Å². The van der Waals surface area contributed by atoms with Crippen molar-refractivity contribution in [3.8, 4) is 0 Å². The lowest BCUT2D eigenvalue weighted by atomic mass is 9.94. The van der Waals surface area contributed by atoms with Gasteiger partial charge < -0.3 is 15.2 Å². The molecular weight excluding hydrogens is 288 g/mol. The first-order chi connectivity index (χ1) is 11.1. The van der Waals surface area contributed by atoms with E-state index in [1.54, 1.807) is 0 Å². The summed E-state index contributed by atoms with van der Waals surface area (Å²) in [7, 11) is 0. The summed E-state index contributed by atoms with van der Waals surface area (Å²) in [5.74, 6) is 0. The van der Waals surface area contributed by atoms with E-state index in [0.717, 1.165) is 39.1 Å². The summed E-state index contributed by atoms with van der Waals surface area (Å²) in [4.78, 5) is 2.49. The molecule has 2 atom stereocenters. The second-order valence-corrected chi connectivity index (χ2v) is 6.60. The molecule has 4 heteroatoms. The van der Waals surface area contributed by atoms with Crippen LogP contribution in [0.15, 0.2) is 30.3 Å². The van der Waals surface area contributed by atoms with Gasteiger partial charge >= 0.3 is 0 Å². The second kappa shape index (κ2) is 8.78. The number of nitrogens with one attached hydrogen (secondary N) is 1. The standard InChI is InChI=1S/C19H32N2O2/c1-4-19(22,5-2)15-20-16(3)18(17-9-7-6-8-10-17)21-11-13-23-14-12-21/h6-10,16,18,20,22H,4-5,11-15H2,1-3H3. The van der Waals surface area contributed by atoms with Crippen molar-refractivity contribution in [2.45, 2.75) is 51.3 Å². The Morgan fingerprint density at radius 2 is 1.78 bits per heavy atom. The van der Waals surface area contributed by atoms with Crippen LogP contribution in [0.2, 0.25) is 0 Å². The molecule has 23 heavy (non-hydrogen) atoms. The molecule has 1 saturated heterocycles. The van der Waals surface area contributed by atoms with Gasteiger partial charge in [0.05, 0.1) is 24.9 Å². The van der Waals surface area contributed by atoms with Crippen LogP contribution in [0.4, 0.5) is 0 Å². The van der Waals surface area contributed by atoms with E-state index < -0.39 is 5.60 Å². The van der Waals surface area contributed by atoms with E-state index in [1.807, 2.05) is 13.8 Å². The average molecular weight is 320 g/mol. The van der Waals surface area contributed by atoms with Gasteiger partial charge in [-0.1, -0.05) is 44.2 Å². The van der Waals surface area contributed by atoms with Crippen LogP contribution in [0.1, 0.15) is 45.2 Å². The molecule has 0 saturated carbocycles. The first-order valence-corrected chi connectivity index (χ1v) is 8.92. The lowest BCUT2D eigenvalue weighted by Gasteiger charge is -2.39. The van der Waals surface area contributed by atoms with Crippen LogP contribution in [0, 0.1) is 0 Å². The molecule has 0 bridgehead atoms. The molecule has 1 aliphatic heterocycles. The number of nitrogens with zero attached hydrogens (tertiary/aromatic N) is 1. The summed E-state index contributed by atoms with van der Waals surface area (Å²) in [6, 6.07) is 11.2. The fourth-order valence-electron chi connectivity index (χ4n) is 3.28. The smallest absolute Gasteiger partial charge is 0.0766 e. The monoisotopic (exact) mass is 320 g/mol. The van der Waals surface area contributed by atoms with Gasteiger partial charge in [-0.15, -0.1) is 0 Å². The van der Waals surface area contributed by atoms with E-state index >= 15 is 0 Å². The third-order valence-electron chi connectivity index (χ3n) is 5.12. The number of rotatable bonds is 8. The molecule has 1 aliphatic rings. The fourth-order valence-corrected chi connectivity index (χ4v) is 3.28. The van der Waals surface area contributed by atoms with Crippen LogP contribution >= 0.6 is 0 Å². The minimum atomic E-state index is -0.611. The summed E-state index contributed by atoms with van der Waals surface area (Å²) < 4.78 is 5.51. The summed E-state index contributed by atoms with van der Waals surface area (Å²) in [6.45, 7) is 10.5. The van der Waals surface area contributed by atoms with Crippen LogP contribution in [-0.2, 0) is 4.74 Å². The van der Waals surface area contributed by atoms with E-state index in [4.69, 9.17) is 4.74 Å². The van der Waals surface area contributed by atoms with Crippen molar-refractivity contribution < 1.29 is 9.84 Å². The van der Waals surface area contributed by atoms with Crippen LogP contribution < -0.4 is 5.32 Å². The van der Waals surface area contributed by atoms with Crippen molar-refractivity contribution in [2.75, 3.05) is 32.8 Å². The maximum absolute atomic E-state index is 10.5. The molecule has 0 aliphatic carbocycles. The zero-order chi connectivity index (χ0) is 16.7. The van der Waals surface area contributed by atoms with Crippen molar-refractivity contribution in [1.29, 1.82) is 0 Å². The predicted octanol–water partition coefficient (Wildman–Crippen LogP) is 2.59. The van der Waals surface area contributed by atoms with Gasteiger partial charge in [0.25, 0.3) is 0 Å². The molecule has 1 heterocycles. The van der Waals surface area contributed by atoms with Gasteiger partial charge in [-0.2, -0.15) is 0 Å². The van der Waals surface area contributed by atoms with Gasteiger partial charge in [-0.25, -0.2) is 0 Å². The van der Waals surface area contributed by atoms with Crippen molar-refractivity contribution in [2.24, 2.45) is 0 Å². The lowest BCUT2D eigenvalue weighted by Crippen LogP contribution is -2.50. The minimum Gasteiger partial charge on any atom is -0.389 e. The molecule has 4 nitrogen and oxygen atoms in total. The largest absolute Gasteiger partial charge is 0.389 e. The van der Waals surface area contributed by atoms with Crippen LogP contribution in [0.5, 0.6) is 0 Å². The van der Waals surface area contributed by atoms with E-state index in [2.05, 4.69) is 47.5 Å². The highest BCUT2D eigenvalue weighted by Crippen LogP contribution is 2.26. The molecular formula is C19H32N2O2. The van der Waals surface area contributed by atoms with Crippen molar-refractivity contribution >= 4 is 0 Å². The highest BCUT2D eigenvalue weighted by atomic mass is 16.5. The van der Waals surface area contributed by atoms with E-state index in [1.165, 1.54) is 5.56 Å². The zero-order valence-electron chi connectivity index (χ0n) is 14.8. The Kier molecular flexibility index (Phi) is 7.03. The molecule has 0 amide bonds. The highest BCUT2D eigenvalue weighted by Gasteiger charge is 2.29. The maximum atomic E-state index is 10.5. The van der Waals surface area contributed by atoms with Gasteiger partial charge in [0.1, 0.15) is 0 Å². The first-order valence-electron chi connectivity index (χ1n) is 8.92. The molecule has 2 rings (SSSR count). The molecule has 2 N–H and O–H groups in total. The highest BCUT2D eigenvalue weighted by molar-refractivity contribution is 5.21. The molecule has 130 valence electrons. The SMILES string of the molecule is CCC(O)(CC)CNC(C)C(c1ccccc1)N1CCOCC1. The summed E-state index contributed by atoms with van der Waals surface area (Å²) in [6.07, 6.45) is 1.55. The quantitative estimate of drug-likeness (QED) is 0.773. The van der Waals surface area contributed by atoms with Gasteiger partial charge in [0, 0.05) is 25.7 Å². The summed E-state index contributed by atoms with van der Waals surface area (Å²) in [5, 5.41) is 14.1. The van der Waals surface area contributed by atoms with Gasteiger partial charge in [-0.05, 0) is 25.3 Å². The summed E-state index contributed by atoms with van der Waals surface area (Å²) >= 11 is 0. The lowest BCUT2D eigenvalue weighted by molar-refractivity contribution is 0.000287. The van der Waals surface area contributed by atoms with Crippen molar-refractivity contribution in [3.63, 3.8) is 0 Å². The number of hydrogen-bond donors (Lipinski definition) is 2. The van der Waals surface area contributed by atoms with Crippen molar-refractivity contribution in [3.05, 3.63) is 35.9 Å². The van der Waals surface area contributed by atoms with Gasteiger partial charge in [0.15, 0.2) is 0 Å². The third kappa shape index (κ3) is 5.01. The van der Waals surface area contributed by atoms with Gasteiger partial charge in [0.2, 0.25) is 0 Å². The molecule has 1 aromatic rings. The molecule has 0 radical (unpaired) electrons. The molecule has 0 aromatic heterocycles. The number of benzene rings is 1. The Hall–Kier alpha value is -0.940. The van der Waals surface area contributed by atoms with E-state index in [-0.39, 0.29) is 6.04 Å². The maximum Gasteiger partial charge on any atom is 0.0766 e. The normalized spacial score (nSPS) is 19.5. The Morgan fingerprint density at radius 3 is 2.35 bits per heavy atom. The molecule has 1 fully saturated rings. The number of hydrogen-bond acceptors (Lipinski definition) is 4. The second-order valence-electron chi connectivity index (χ2n) is 6.60. The predicted molar refractivity (Wildman–Crippen MR) is 94.6 cm³/mol. The Morgan fingerprint density at radius 1 is 1.17 bits per heavy atom. The number of morpholine rings is 1. The minimum absolute atomic E-state index is 0.264. The topological polar surface area (TPSA) is 44.7 Å². The zero-order valence-corrected chi connectivity index (χ0v) is 14.8. The third-order valence-corrected chi connectivity index (χ3v) is 5.12. The Balaban J connectivity index is 2.09. The first kappa shape index (κ1) is 18.4.